The highest BCUT2D eigenvalue weighted by Crippen LogP contribution is 2.49. The first-order valence-corrected chi connectivity index (χ1v) is 6.72. The second-order valence-electron chi connectivity index (χ2n) is 5.04. The zero-order valence-corrected chi connectivity index (χ0v) is 9.85. The predicted molar refractivity (Wildman–Crippen MR) is 62.3 cm³/mol. The normalized spacial score (nSPS) is 33.5. The monoisotopic (exact) mass is 220 g/mol. The summed E-state index contributed by atoms with van der Waals surface area (Å²) in [4.78, 5) is 13.5. The van der Waals surface area contributed by atoms with Crippen LogP contribution in [0.3, 0.4) is 0 Å². The van der Waals surface area contributed by atoms with Crippen LogP contribution in [-0.2, 0) is 0 Å². The number of fused-ring (bicyclic) bond motifs is 2. The Bertz CT molecular complexity index is 393. The highest BCUT2D eigenvalue weighted by atomic mass is 32.1. The lowest BCUT2D eigenvalue weighted by atomic mass is 9.83. The van der Waals surface area contributed by atoms with Gasteiger partial charge in [-0.2, -0.15) is 0 Å². The Balaban J connectivity index is 1.84. The van der Waals surface area contributed by atoms with Crippen molar-refractivity contribution >= 4 is 17.1 Å². The molecule has 2 fully saturated rings. The van der Waals surface area contributed by atoms with E-state index in [1.54, 1.807) is 11.3 Å². The summed E-state index contributed by atoms with van der Waals surface area (Å²) >= 11 is 1.69. The quantitative estimate of drug-likeness (QED) is 0.695. The fourth-order valence-corrected chi connectivity index (χ4v) is 4.11. The molecule has 0 N–H and O–H groups in total. The van der Waals surface area contributed by atoms with Crippen molar-refractivity contribution in [3.63, 3.8) is 0 Å². The van der Waals surface area contributed by atoms with Gasteiger partial charge in [0.2, 0.25) is 0 Å². The first kappa shape index (κ1) is 9.59. The number of aryl methyl sites for hydroxylation is 1. The lowest BCUT2D eigenvalue weighted by molar-refractivity contribution is 0.0874. The molecule has 2 saturated carbocycles. The smallest absolute Gasteiger partial charge is 0.167 e. The molecule has 2 heteroatoms. The Morgan fingerprint density at radius 1 is 1.40 bits per heavy atom. The van der Waals surface area contributed by atoms with Crippen molar-refractivity contribution in [2.24, 2.45) is 17.8 Å². The number of carbonyl (C=O) groups is 1. The molecule has 3 atom stereocenters. The van der Waals surface area contributed by atoms with E-state index in [0.717, 1.165) is 11.5 Å². The highest BCUT2D eigenvalue weighted by Gasteiger charge is 2.43. The van der Waals surface area contributed by atoms with E-state index < -0.39 is 0 Å². The van der Waals surface area contributed by atoms with Crippen LogP contribution in [0.2, 0.25) is 0 Å². The summed E-state index contributed by atoms with van der Waals surface area (Å²) in [6.45, 7) is 2.06. The second kappa shape index (κ2) is 3.44. The first-order valence-electron chi connectivity index (χ1n) is 5.84. The van der Waals surface area contributed by atoms with E-state index >= 15 is 0 Å². The van der Waals surface area contributed by atoms with Gasteiger partial charge in [0.1, 0.15) is 0 Å². The third kappa shape index (κ3) is 1.46. The van der Waals surface area contributed by atoms with Crippen LogP contribution < -0.4 is 0 Å². The van der Waals surface area contributed by atoms with Gasteiger partial charge in [-0.1, -0.05) is 6.42 Å². The van der Waals surface area contributed by atoms with Gasteiger partial charge in [0, 0.05) is 16.4 Å². The van der Waals surface area contributed by atoms with Gasteiger partial charge in [-0.3, -0.25) is 4.79 Å². The van der Waals surface area contributed by atoms with E-state index in [9.17, 15) is 4.79 Å². The summed E-state index contributed by atoms with van der Waals surface area (Å²) in [6, 6.07) is 2.01. The number of rotatable bonds is 2. The molecular formula is C13H16OS. The van der Waals surface area contributed by atoms with E-state index in [4.69, 9.17) is 0 Å². The molecular weight excluding hydrogens is 204 g/mol. The summed E-state index contributed by atoms with van der Waals surface area (Å²) in [5.74, 6) is 2.36. The first-order chi connectivity index (χ1) is 7.25. The molecule has 0 aromatic carbocycles. The molecule has 2 aliphatic carbocycles. The average Bonchev–Trinajstić information content (AvgIpc) is 2.91. The molecule has 1 nitrogen and oxygen atoms in total. The minimum absolute atomic E-state index is 0.358. The van der Waals surface area contributed by atoms with E-state index in [2.05, 4.69) is 6.92 Å². The van der Waals surface area contributed by atoms with Crippen molar-refractivity contribution in [2.45, 2.75) is 32.6 Å². The topological polar surface area (TPSA) is 17.1 Å². The molecule has 0 spiro atoms. The minimum Gasteiger partial charge on any atom is -0.294 e. The standard InChI is InChI=1S/C13H16OS/c1-8-11(4-5-15-8)13(14)12-7-9-2-3-10(12)6-9/h4-5,9-10,12H,2-3,6-7H2,1H3. The van der Waals surface area contributed by atoms with E-state index in [-0.39, 0.29) is 0 Å². The highest BCUT2D eigenvalue weighted by molar-refractivity contribution is 7.10. The number of Topliss-reactive ketones (excluding diaryl/α,β-unsaturated/α-hetero) is 1. The van der Waals surface area contributed by atoms with Crippen LogP contribution in [-0.4, -0.2) is 5.78 Å². The third-order valence-corrected chi connectivity index (χ3v) is 5.04. The molecule has 1 aromatic heterocycles. The molecule has 3 unspecified atom stereocenters. The third-order valence-electron chi connectivity index (χ3n) is 4.20. The summed E-state index contributed by atoms with van der Waals surface area (Å²) < 4.78 is 0. The van der Waals surface area contributed by atoms with Gasteiger partial charge in [-0.05, 0) is 49.5 Å². The number of carbonyl (C=O) groups excluding carboxylic acids is 1. The van der Waals surface area contributed by atoms with Crippen LogP contribution in [0, 0.1) is 24.7 Å². The molecule has 15 heavy (non-hydrogen) atoms. The van der Waals surface area contributed by atoms with E-state index in [1.807, 2.05) is 11.4 Å². The lowest BCUT2D eigenvalue weighted by Gasteiger charge is -2.20. The maximum Gasteiger partial charge on any atom is 0.167 e. The molecule has 2 bridgehead atoms. The van der Waals surface area contributed by atoms with E-state index in [1.165, 1.54) is 30.6 Å². The van der Waals surface area contributed by atoms with Crippen LogP contribution in [0.5, 0.6) is 0 Å². The van der Waals surface area contributed by atoms with Crippen molar-refractivity contribution in [2.75, 3.05) is 0 Å². The summed E-state index contributed by atoms with van der Waals surface area (Å²) in [5.41, 5.74) is 0.998. The number of hydrogen-bond acceptors (Lipinski definition) is 2. The molecule has 0 saturated heterocycles. The van der Waals surface area contributed by atoms with Gasteiger partial charge in [0.15, 0.2) is 5.78 Å². The molecule has 80 valence electrons. The lowest BCUT2D eigenvalue weighted by Crippen LogP contribution is -2.21. The molecule has 1 heterocycles. The van der Waals surface area contributed by atoms with Crippen molar-refractivity contribution < 1.29 is 4.79 Å². The minimum atomic E-state index is 0.358. The van der Waals surface area contributed by atoms with Crippen LogP contribution in [0.25, 0.3) is 0 Å². The van der Waals surface area contributed by atoms with E-state index in [0.29, 0.717) is 17.6 Å². The molecule has 0 amide bonds. The van der Waals surface area contributed by atoms with Crippen LogP contribution in [0.1, 0.15) is 40.9 Å². The Kier molecular flexibility index (Phi) is 2.20. The van der Waals surface area contributed by atoms with Gasteiger partial charge in [0.05, 0.1) is 0 Å². The largest absolute Gasteiger partial charge is 0.294 e. The van der Waals surface area contributed by atoms with Crippen molar-refractivity contribution in [3.05, 3.63) is 21.9 Å². The van der Waals surface area contributed by atoms with Gasteiger partial charge in [-0.15, -0.1) is 11.3 Å². The maximum absolute atomic E-state index is 12.3. The Morgan fingerprint density at radius 3 is 2.80 bits per heavy atom. The summed E-state index contributed by atoms with van der Waals surface area (Å²) in [6.07, 6.45) is 5.15. The van der Waals surface area contributed by atoms with Crippen LogP contribution >= 0.6 is 11.3 Å². The number of ketones is 1. The van der Waals surface area contributed by atoms with Gasteiger partial charge in [0.25, 0.3) is 0 Å². The zero-order valence-electron chi connectivity index (χ0n) is 9.03. The fraction of sp³-hybridized carbons (Fsp3) is 0.615. The fourth-order valence-electron chi connectivity index (χ4n) is 3.41. The Hall–Kier alpha value is -0.630. The van der Waals surface area contributed by atoms with Crippen LogP contribution in [0.4, 0.5) is 0 Å². The van der Waals surface area contributed by atoms with Crippen LogP contribution in [0.15, 0.2) is 11.4 Å². The van der Waals surface area contributed by atoms with Crippen molar-refractivity contribution in [1.29, 1.82) is 0 Å². The SMILES string of the molecule is Cc1sccc1C(=O)C1CC2CCC1C2. The Labute approximate surface area is 94.5 Å². The van der Waals surface area contributed by atoms with Gasteiger partial charge >= 0.3 is 0 Å². The summed E-state index contributed by atoms with van der Waals surface area (Å²) in [5, 5.41) is 2.04. The number of thiophene rings is 1. The Morgan fingerprint density at radius 2 is 2.27 bits per heavy atom. The van der Waals surface area contributed by atoms with Crippen molar-refractivity contribution in [1.82, 2.24) is 0 Å². The number of hydrogen-bond donors (Lipinski definition) is 0. The van der Waals surface area contributed by atoms with Gasteiger partial charge < -0.3 is 0 Å². The molecule has 1 aromatic rings. The second-order valence-corrected chi connectivity index (χ2v) is 6.16. The molecule has 2 aliphatic rings. The van der Waals surface area contributed by atoms with Gasteiger partial charge in [-0.25, -0.2) is 0 Å². The molecule has 3 rings (SSSR count). The van der Waals surface area contributed by atoms with Crippen molar-refractivity contribution in [3.8, 4) is 0 Å². The maximum atomic E-state index is 12.3. The molecule has 0 radical (unpaired) electrons. The molecule has 0 aliphatic heterocycles. The predicted octanol–water partition coefficient (Wildman–Crippen LogP) is 3.68. The average molecular weight is 220 g/mol. The zero-order chi connectivity index (χ0) is 10.4. The summed E-state index contributed by atoms with van der Waals surface area (Å²) in [7, 11) is 0.